The molecule has 9 heteroatoms. The van der Waals surface area contributed by atoms with Crippen LogP contribution in [0.5, 0.6) is 0 Å². The summed E-state index contributed by atoms with van der Waals surface area (Å²) in [6.45, 7) is 4.46. The first kappa shape index (κ1) is 22.5. The highest BCUT2D eigenvalue weighted by atomic mass is 19.1. The van der Waals surface area contributed by atoms with E-state index >= 15 is 4.39 Å². The van der Waals surface area contributed by atoms with Crippen molar-refractivity contribution in [1.29, 1.82) is 0 Å². The standard InChI is InChI=1S/C26H34FN7O/c1-32-11-13-33(14-12-32)20-7-8-22(21(27)15-20)30-25-29-17-18-16-26(9-4-10-28-24(26)35)34(23(18)31-25)19-5-2-3-6-19/h7-8,15,17,19H,2-6,9-14,16H2,1H3,(H,28,35)(H,29,30,31). The molecule has 1 aromatic carbocycles. The van der Waals surface area contributed by atoms with E-state index in [9.17, 15) is 4.79 Å². The molecule has 8 nitrogen and oxygen atoms in total. The van der Waals surface area contributed by atoms with Crippen LogP contribution >= 0.6 is 0 Å². The van der Waals surface area contributed by atoms with Gasteiger partial charge in [0.25, 0.3) is 0 Å². The van der Waals surface area contributed by atoms with Gasteiger partial charge in [0.2, 0.25) is 11.9 Å². The van der Waals surface area contributed by atoms with E-state index in [4.69, 9.17) is 4.98 Å². The number of aromatic nitrogens is 2. The second-order valence-corrected chi connectivity index (χ2v) is 10.5. The van der Waals surface area contributed by atoms with Gasteiger partial charge in [-0.2, -0.15) is 4.98 Å². The molecule has 3 fully saturated rings. The number of nitrogens with one attached hydrogen (secondary N) is 2. The number of rotatable bonds is 4. The summed E-state index contributed by atoms with van der Waals surface area (Å²) in [7, 11) is 2.11. The summed E-state index contributed by atoms with van der Waals surface area (Å²) in [5.41, 5.74) is 1.69. The summed E-state index contributed by atoms with van der Waals surface area (Å²) >= 11 is 0. The number of hydrogen-bond donors (Lipinski definition) is 2. The molecule has 1 amide bonds. The predicted octanol–water partition coefficient (Wildman–Crippen LogP) is 3.07. The smallest absolute Gasteiger partial charge is 0.246 e. The van der Waals surface area contributed by atoms with Crippen LogP contribution in [0.15, 0.2) is 24.4 Å². The normalized spacial score (nSPS) is 25.3. The molecule has 0 radical (unpaired) electrons. The first-order chi connectivity index (χ1) is 17.0. The van der Waals surface area contributed by atoms with Crippen LogP contribution in [0.4, 0.5) is 27.5 Å². The molecule has 186 valence electrons. The number of hydrogen-bond acceptors (Lipinski definition) is 7. The van der Waals surface area contributed by atoms with E-state index in [2.05, 4.69) is 37.4 Å². The molecular formula is C26H34FN7O. The molecule has 0 bridgehead atoms. The maximum atomic E-state index is 15.1. The number of fused-ring (bicyclic) bond motifs is 1. The number of piperazine rings is 1. The molecule has 1 unspecified atom stereocenters. The molecule has 2 saturated heterocycles. The number of halogens is 1. The molecule has 2 N–H and O–H groups in total. The fraction of sp³-hybridized carbons (Fsp3) is 0.577. The number of likely N-dealkylation sites (N-methyl/N-ethyl adjacent to an activating group) is 1. The van der Waals surface area contributed by atoms with E-state index in [-0.39, 0.29) is 11.7 Å². The van der Waals surface area contributed by atoms with Gasteiger partial charge in [0.15, 0.2) is 0 Å². The van der Waals surface area contributed by atoms with Gasteiger partial charge < -0.3 is 25.3 Å². The molecule has 1 atom stereocenters. The fourth-order valence-electron chi connectivity index (χ4n) is 6.33. The highest BCUT2D eigenvalue weighted by Crippen LogP contribution is 2.46. The molecule has 4 aliphatic rings. The van der Waals surface area contributed by atoms with Crippen molar-refractivity contribution in [2.45, 2.75) is 56.5 Å². The number of nitrogens with zero attached hydrogens (tertiary/aromatic N) is 5. The molecule has 2 aromatic rings. The van der Waals surface area contributed by atoms with Crippen molar-refractivity contribution in [3.63, 3.8) is 0 Å². The summed E-state index contributed by atoms with van der Waals surface area (Å²) in [6.07, 6.45) is 8.75. The Kier molecular flexibility index (Phi) is 5.75. The summed E-state index contributed by atoms with van der Waals surface area (Å²) in [5, 5.41) is 6.20. The lowest BCUT2D eigenvalue weighted by Gasteiger charge is -2.44. The summed E-state index contributed by atoms with van der Waals surface area (Å²) in [4.78, 5) is 29.3. The fourth-order valence-corrected chi connectivity index (χ4v) is 6.33. The minimum Gasteiger partial charge on any atom is -0.369 e. The first-order valence-electron chi connectivity index (χ1n) is 13.0. The summed E-state index contributed by atoms with van der Waals surface area (Å²) in [6, 6.07) is 5.62. The molecular weight excluding hydrogens is 445 g/mol. The zero-order valence-corrected chi connectivity index (χ0v) is 20.4. The van der Waals surface area contributed by atoms with Crippen LogP contribution in [0, 0.1) is 5.82 Å². The highest BCUT2D eigenvalue weighted by Gasteiger charge is 2.54. The van der Waals surface area contributed by atoms with E-state index in [0.29, 0.717) is 24.1 Å². The van der Waals surface area contributed by atoms with Crippen molar-refractivity contribution < 1.29 is 9.18 Å². The Balaban J connectivity index is 1.27. The lowest BCUT2D eigenvalue weighted by Crippen LogP contribution is -2.63. The van der Waals surface area contributed by atoms with Crippen LogP contribution in [0.3, 0.4) is 0 Å². The van der Waals surface area contributed by atoms with Crippen molar-refractivity contribution in [2.24, 2.45) is 0 Å². The van der Waals surface area contributed by atoms with Gasteiger partial charge in [-0.3, -0.25) is 4.79 Å². The molecule has 1 aliphatic carbocycles. The van der Waals surface area contributed by atoms with E-state index in [0.717, 1.165) is 75.5 Å². The Hall–Kier alpha value is -2.94. The van der Waals surface area contributed by atoms with Gasteiger partial charge >= 0.3 is 0 Å². The number of amides is 1. The van der Waals surface area contributed by atoms with E-state index < -0.39 is 5.54 Å². The zero-order valence-electron chi connectivity index (χ0n) is 20.4. The van der Waals surface area contributed by atoms with Crippen LogP contribution in [0.25, 0.3) is 0 Å². The second-order valence-electron chi connectivity index (χ2n) is 10.5. The third-order valence-corrected chi connectivity index (χ3v) is 8.25. The van der Waals surface area contributed by atoms with Crippen LogP contribution in [-0.2, 0) is 11.2 Å². The lowest BCUT2D eigenvalue weighted by atomic mass is 9.84. The average Bonchev–Trinajstić information content (AvgIpc) is 3.49. The number of piperidine rings is 1. The third-order valence-electron chi connectivity index (χ3n) is 8.25. The van der Waals surface area contributed by atoms with Crippen molar-refractivity contribution in [2.75, 3.05) is 54.9 Å². The number of benzene rings is 1. The Morgan fingerprint density at radius 1 is 1.14 bits per heavy atom. The molecule has 1 spiro atoms. The third kappa shape index (κ3) is 3.99. The van der Waals surface area contributed by atoms with Gasteiger partial charge in [-0.05, 0) is 50.9 Å². The molecule has 3 aliphatic heterocycles. The van der Waals surface area contributed by atoms with Crippen molar-refractivity contribution in [3.8, 4) is 0 Å². The second kappa shape index (κ2) is 8.93. The van der Waals surface area contributed by atoms with Gasteiger partial charge in [0, 0.05) is 62.6 Å². The number of carbonyl (C=O) groups excluding carboxylic acids is 1. The minimum atomic E-state index is -0.571. The van der Waals surface area contributed by atoms with Gasteiger partial charge in [0.1, 0.15) is 17.2 Å². The largest absolute Gasteiger partial charge is 0.369 e. The quantitative estimate of drug-likeness (QED) is 0.698. The highest BCUT2D eigenvalue weighted by molar-refractivity contribution is 5.93. The van der Waals surface area contributed by atoms with E-state index in [1.54, 1.807) is 12.1 Å². The van der Waals surface area contributed by atoms with E-state index in [1.165, 1.54) is 12.8 Å². The van der Waals surface area contributed by atoms with Crippen molar-refractivity contribution >= 4 is 29.0 Å². The van der Waals surface area contributed by atoms with Crippen LogP contribution in [-0.4, -0.2) is 72.1 Å². The van der Waals surface area contributed by atoms with Crippen LogP contribution < -0.4 is 20.4 Å². The number of anilines is 4. The van der Waals surface area contributed by atoms with Gasteiger partial charge in [-0.15, -0.1) is 0 Å². The van der Waals surface area contributed by atoms with Crippen LogP contribution in [0.2, 0.25) is 0 Å². The summed E-state index contributed by atoms with van der Waals surface area (Å²) in [5.74, 6) is 0.988. The molecule has 1 saturated carbocycles. The van der Waals surface area contributed by atoms with Crippen molar-refractivity contribution in [1.82, 2.24) is 20.2 Å². The average molecular weight is 480 g/mol. The maximum absolute atomic E-state index is 15.1. The van der Waals surface area contributed by atoms with Crippen molar-refractivity contribution in [3.05, 3.63) is 35.8 Å². The van der Waals surface area contributed by atoms with Gasteiger partial charge in [-0.25, -0.2) is 9.37 Å². The van der Waals surface area contributed by atoms with E-state index in [1.807, 2.05) is 12.3 Å². The molecule has 1 aromatic heterocycles. The minimum absolute atomic E-state index is 0.105. The summed E-state index contributed by atoms with van der Waals surface area (Å²) < 4.78 is 15.1. The Morgan fingerprint density at radius 2 is 1.94 bits per heavy atom. The Morgan fingerprint density at radius 3 is 2.69 bits per heavy atom. The Labute approximate surface area is 205 Å². The molecule has 35 heavy (non-hydrogen) atoms. The lowest BCUT2D eigenvalue weighted by molar-refractivity contribution is -0.128. The topological polar surface area (TPSA) is 76.6 Å². The zero-order chi connectivity index (χ0) is 24.0. The monoisotopic (exact) mass is 479 g/mol. The Bertz CT molecular complexity index is 1110. The van der Waals surface area contributed by atoms with Gasteiger partial charge in [0.05, 0.1) is 5.69 Å². The SMILES string of the molecule is CN1CCN(c2ccc(Nc3ncc4c(n3)N(C3CCCC3)C3(CCCNC3=O)C4)c(F)c2)CC1. The number of carbonyl (C=O) groups is 1. The molecule has 4 heterocycles. The van der Waals surface area contributed by atoms with Gasteiger partial charge in [-0.1, -0.05) is 12.8 Å². The van der Waals surface area contributed by atoms with Crippen LogP contribution in [0.1, 0.15) is 44.1 Å². The first-order valence-corrected chi connectivity index (χ1v) is 13.0. The predicted molar refractivity (Wildman–Crippen MR) is 135 cm³/mol. The molecule has 6 rings (SSSR count). The maximum Gasteiger partial charge on any atom is 0.246 e.